The zero-order valence-electron chi connectivity index (χ0n) is 13.2. The number of halogens is 1. The van der Waals surface area contributed by atoms with Crippen LogP contribution in [0.5, 0.6) is 11.5 Å². The van der Waals surface area contributed by atoms with Gasteiger partial charge in [-0.2, -0.15) is 5.10 Å². The summed E-state index contributed by atoms with van der Waals surface area (Å²) in [5.41, 5.74) is 3.63. The molecule has 2 rings (SSSR count). The van der Waals surface area contributed by atoms with E-state index in [0.717, 1.165) is 10.0 Å². The summed E-state index contributed by atoms with van der Waals surface area (Å²) in [6, 6.07) is 12.6. The number of hydrogen-bond donors (Lipinski definition) is 1. The third-order valence-corrected chi connectivity index (χ3v) is 3.54. The number of carbonyl (C=O) groups is 1. The molecule has 124 valence electrons. The number of ether oxygens (including phenoxy) is 2. The standard InChI is InChI=1S/C18H17BrN2O3/c1-3-10-24-16-7-5-4-6-13(16)12-20-21-18(22)15-11-14(19)8-9-17(15)23-2/h3-9,11-12H,1,10H2,2H3,(H,21,22)/b20-12-. The molecule has 6 heteroatoms. The predicted molar refractivity (Wildman–Crippen MR) is 97.9 cm³/mol. The molecule has 1 amide bonds. The summed E-state index contributed by atoms with van der Waals surface area (Å²) >= 11 is 3.33. The molecule has 0 heterocycles. The van der Waals surface area contributed by atoms with Gasteiger partial charge in [-0.15, -0.1) is 0 Å². The second-order valence-electron chi connectivity index (χ2n) is 4.68. The molecule has 0 unspecified atom stereocenters. The molecule has 0 saturated heterocycles. The number of amides is 1. The molecule has 0 atom stereocenters. The lowest BCUT2D eigenvalue weighted by molar-refractivity contribution is 0.0952. The molecule has 24 heavy (non-hydrogen) atoms. The smallest absolute Gasteiger partial charge is 0.275 e. The number of methoxy groups -OCH3 is 1. The molecule has 2 aromatic carbocycles. The molecule has 5 nitrogen and oxygen atoms in total. The van der Waals surface area contributed by atoms with Crippen molar-refractivity contribution in [2.24, 2.45) is 5.10 Å². The first kappa shape index (κ1) is 17.7. The number of carbonyl (C=O) groups excluding carboxylic acids is 1. The first-order chi connectivity index (χ1) is 11.7. The van der Waals surface area contributed by atoms with Crippen molar-refractivity contribution >= 4 is 28.1 Å². The summed E-state index contributed by atoms with van der Waals surface area (Å²) < 4.78 is 11.5. The summed E-state index contributed by atoms with van der Waals surface area (Å²) in [6.45, 7) is 4.01. The van der Waals surface area contributed by atoms with Gasteiger partial charge < -0.3 is 9.47 Å². The Morgan fingerprint density at radius 1 is 1.29 bits per heavy atom. The van der Waals surface area contributed by atoms with Gasteiger partial charge in [0.1, 0.15) is 18.1 Å². The highest BCUT2D eigenvalue weighted by Crippen LogP contribution is 2.22. The molecule has 0 bridgehead atoms. The van der Waals surface area contributed by atoms with Gasteiger partial charge in [0.2, 0.25) is 0 Å². The zero-order chi connectivity index (χ0) is 17.4. The van der Waals surface area contributed by atoms with Crippen LogP contribution in [0.25, 0.3) is 0 Å². The topological polar surface area (TPSA) is 59.9 Å². The molecule has 0 aliphatic carbocycles. The highest BCUT2D eigenvalue weighted by molar-refractivity contribution is 9.10. The lowest BCUT2D eigenvalue weighted by Crippen LogP contribution is -2.18. The van der Waals surface area contributed by atoms with Crippen molar-refractivity contribution in [3.63, 3.8) is 0 Å². The number of benzene rings is 2. The van der Waals surface area contributed by atoms with Crippen molar-refractivity contribution in [3.05, 3.63) is 70.7 Å². The molecule has 0 aliphatic rings. The first-order valence-electron chi connectivity index (χ1n) is 7.15. The number of hydrogen-bond acceptors (Lipinski definition) is 4. The summed E-state index contributed by atoms with van der Waals surface area (Å²) in [7, 11) is 1.51. The maximum Gasteiger partial charge on any atom is 0.275 e. The van der Waals surface area contributed by atoms with E-state index < -0.39 is 0 Å². The van der Waals surface area contributed by atoms with Gasteiger partial charge in [0.15, 0.2) is 0 Å². The van der Waals surface area contributed by atoms with Crippen molar-refractivity contribution in [1.82, 2.24) is 5.43 Å². The molecule has 0 radical (unpaired) electrons. The molecule has 0 spiro atoms. The molecule has 0 saturated carbocycles. The highest BCUT2D eigenvalue weighted by Gasteiger charge is 2.12. The number of para-hydroxylation sites is 1. The normalized spacial score (nSPS) is 10.4. The van der Waals surface area contributed by atoms with Crippen LogP contribution in [0.4, 0.5) is 0 Å². The molecule has 0 fully saturated rings. The molecule has 0 aromatic heterocycles. The molecular weight excluding hydrogens is 372 g/mol. The van der Waals surface area contributed by atoms with Crippen LogP contribution in [0.2, 0.25) is 0 Å². The van der Waals surface area contributed by atoms with Gasteiger partial charge in [-0.1, -0.05) is 40.7 Å². The molecule has 1 N–H and O–H groups in total. The van der Waals surface area contributed by atoms with Crippen LogP contribution < -0.4 is 14.9 Å². The lowest BCUT2D eigenvalue weighted by Gasteiger charge is -2.08. The van der Waals surface area contributed by atoms with E-state index in [4.69, 9.17) is 9.47 Å². The van der Waals surface area contributed by atoms with Crippen molar-refractivity contribution < 1.29 is 14.3 Å². The zero-order valence-corrected chi connectivity index (χ0v) is 14.7. The van der Waals surface area contributed by atoms with Gasteiger partial charge in [0.05, 0.1) is 18.9 Å². The van der Waals surface area contributed by atoms with Crippen LogP contribution in [-0.2, 0) is 0 Å². The third-order valence-electron chi connectivity index (χ3n) is 3.05. The van der Waals surface area contributed by atoms with E-state index in [-0.39, 0.29) is 5.91 Å². The Labute approximate surface area is 149 Å². The third kappa shape index (κ3) is 4.70. The van der Waals surface area contributed by atoms with E-state index in [9.17, 15) is 4.79 Å². The van der Waals surface area contributed by atoms with Crippen molar-refractivity contribution in [1.29, 1.82) is 0 Å². The Bertz CT molecular complexity index is 760. The Balaban J connectivity index is 2.11. The second kappa shape index (κ2) is 8.88. The van der Waals surface area contributed by atoms with E-state index in [1.54, 1.807) is 24.3 Å². The fourth-order valence-electron chi connectivity index (χ4n) is 1.95. The van der Waals surface area contributed by atoms with E-state index in [2.05, 4.69) is 33.0 Å². The van der Waals surface area contributed by atoms with E-state index in [1.165, 1.54) is 13.3 Å². The van der Waals surface area contributed by atoms with Gasteiger partial charge in [0.25, 0.3) is 5.91 Å². The van der Waals surface area contributed by atoms with Crippen molar-refractivity contribution in [2.75, 3.05) is 13.7 Å². The van der Waals surface area contributed by atoms with E-state index in [0.29, 0.717) is 23.7 Å². The quantitative estimate of drug-likeness (QED) is 0.445. The van der Waals surface area contributed by atoms with Crippen LogP contribution in [0.15, 0.2) is 64.7 Å². The summed E-state index contributed by atoms with van der Waals surface area (Å²) in [5.74, 6) is 0.768. The van der Waals surface area contributed by atoms with E-state index in [1.807, 2.05) is 24.3 Å². The Kier molecular flexibility index (Phi) is 6.57. The highest BCUT2D eigenvalue weighted by atomic mass is 79.9. The van der Waals surface area contributed by atoms with Gasteiger partial charge in [-0.3, -0.25) is 4.79 Å². The monoisotopic (exact) mass is 388 g/mol. The van der Waals surface area contributed by atoms with Crippen molar-refractivity contribution in [2.45, 2.75) is 0 Å². The number of rotatable bonds is 7. The number of nitrogens with one attached hydrogen (secondary N) is 1. The summed E-state index contributed by atoms with van der Waals surface area (Å²) in [4.78, 5) is 12.3. The van der Waals surface area contributed by atoms with Crippen molar-refractivity contribution in [3.8, 4) is 11.5 Å². The van der Waals surface area contributed by atoms with E-state index >= 15 is 0 Å². The first-order valence-corrected chi connectivity index (χ1v) is 7.94. The maximum absolute atomic E-state index is 12.3. The molecular formula is C18H17BrN2O3. The van der Waals surface area contributed by atoms with Crippen LogP contribution in [0.3, 0.4) is 0 Å². The van der Waals surface area contributed by atoms with Gasteiger partial charge in [0, 0.05) is 10.0 Å². The lowest BCUT2D eigenvalue weighted by atomic mass is 10.2. The molecule has 0 aliphatic heterocycles. The summed E-state index contributed by atoms with van der Waals surface area (Å²) in [5, 5.41) is 3.99. The van der Waals surface area contributed by atoms with Gasteiger partial charge in [-0.05, 0) is 30.3 Å². The van der Waals surface area contributed by atoms with Crippen LogP contribution in [0, 0.1) is 0 Å². The average molecular weight is 389 g/mol. The Hall–Kier alpha value is -2.60. The van der Waals surface area contributed by atoms with Crippen LogP contribution in [-0.4, -0.2) is 25.8 Å². The van der Waals surface area contributed by atoms with Gasteiger partial charge >= 0.3 is 0 Å². The Morgan fingerprint density at radius 2 is 2.08 bits per heavy atom. The second-order valence-corrected chi connectivity index (χ2v) is 5.60. The largest absolute Gasteiger partial charge is 0.496 e. The predicted octanol–water partition coefficient (Wildman–Crippen LogP) is 3.79. The van der Waals surface area contributed by atoms with Crippen LogP contribution >= 0.6 is 15.9 Å². The number of nitrogens with zero attached hydrogens (tertiary/aromatic N) is 1. The fraction of sp³-hybridized carbons (Fsp3) is 0.111. The minimum atomic E-state index is -0.367. The van der Waals surface area contributed by atoms with Gasteiger partial charge in [-0.25, -0.2) is 5.43 Å². The fourth-order valence-corrected chi connectivity index (χ4v) is 2.31. The number of hydrazone groups is 1. The SMILES string of the molecule is C=CCOc1ccccc1/C=N\NC(=O)c1cc(Br)ccc1OC. The average Bonchev–Trinajstić information content (AvgIpc) is 2.60. The minimum absolute atomic E-state index is 0.367. The van der Waals surface area contributed by atoms with Crippen LogP contribution in [0.1, 0.15) is 15.9 Å². The maximum atomic E-state index is 12.3. The summed E-state index contributed by atoms with van der Waals surface area (Å²) in [6.07, 6.45) is 3.19. The Morgan fingerprint density at radius 3 is 2.83 bits per heavy atom. The molecule has 2 aromatic rings. The minimum Gasteiger partial charge on any atom is -0.496 e.